The highest BCUT2D eigenvalue weighted by molar-refractivity contribution is 7.22. The van der Waals surface area contributed by atoms with Gasteiger partial charge in [0.2, 0.25) is 0 Å². The van der Waals surface area contributed by atoms with Crippen molar-refractivity contribution in [1.29, 1.82) is 0 Å². The van der Waals surface area contributed by atoms with E-state index in [9.17, 15) is 0 Å². The van der Waals surface area contributed by atoms with Gasteiger partial charge in [-0.3, -0.25) is 0 Å². The van der Waals surface area contributed by atoms with E-state index in [-0.39, 0.29) is 5.41 Å². The first-order valence-electron chi connectivity index (χ1n) is 10.7. The lowest BCUT2D eigenvalue weighted by atomic mass is 9.82. The van der Waals surface area contributed by atoms with Gasteiger partial charge in [0.15, 0.2) is 0 Å². The normalized spacial score (nSPS) is 12.2. The lowest BCUT2D eigenvalue weighted by Crippen LogP contribution is -2.12. The molecule has 0 radical (unpaired) electrons. The van der Waals surface area contributed by atoms with Crippen molar-refractivity contribution < 1.29 is 4.42 Å². The molecule has 6 aromatic rings. The summed E-state index contributed by atoms with van der Waals surface area (Å²) in [5, 5.41) is 4.71. The number of aromatic nitrogens is 2. The second-order valence-corrected chi connectivity index (χ2v) is 10.2. The van der Waals surface area contributed by atoms with Crippen LogP contribution in [0.15, 0.2) is 83.7 Å². The molecule has 0 saturated carbocycles. The minimum atomic E-state index is 0.0243. The summed E-state index contributed by atoms with van der Waals surface area (Å²) in [5.74, 6) is 0. The van der Waals surface area contributed by atoms with E-state index in [1.54, 1.807) is 23.9 Å². The topological polar surface area (TPSA) is 38.9 Å². The Bertz CT molecular complexity index is 1620. The third kappa shape index (κ3) is 3.02. The lowest BCUT2D eigenvalue weighted by Gasteiger charge is -2.22. The highest BCUT2D eigenvalue weighted by Gasteiger charge is 2.20. The van der Waals surface area contributed by atoms with E-state index in [2.05, 4.69) is 86.4 Å². The minimum Gasteiger partial charge on any atom is -0.464 e. The van der Waals surface area contributed by atoms with Gasteiger partial charge in [-0.1, -0.05) is 57.2 Å². The van der Waals surface area contributed by atoms with Gasteiger partial charge in [-0.25, -0.2) is 9.97 Å². The number of fused-ring (bicyclic) bond motifs is 3. The van der Waals surface area contributed by atoms with Crippen LogP contribution in [0.1, 0.15) is 26.3 Å². The summed E-state index contributed by atoms with van der Waals surface area (Å²) in [6.45, 7) is 6.79. The number of benzene rings is 3. The molecular formula is C28H22N2OS. The van der Waals surface area contributed by atoms with Crippen LogP contribution in [0.25, 0.3) is 53.7 Å². The summed E-state index contributed by atoms with van der Waals surface area (Å²) in [6.07, 6.45) is 3.42. The maximum absolute atomic E-state index is 5.79. The largest absolute Gasteiger partial charge is 0.464 e. The van der Waals surface area contributed by atoms with E-state index >= 15 is 0 Å². The standard InChI is InChI=1S/C28H22N2OS/c1-28(2,3)23-14-19(13-18-7-4-5-9-20(18)23)25-22-15-24(32-27(22)30-16-29-25)21-10-6-8-17-11-12-31-26(17)21/h4-16H,1-3H3. The SMILES string of the molecule is CC(C)(C)c1cc(-c2ncnc3sc(-c4cccc5ccoc45)cc23)cc2ccccc12. The average molecular weight is 435 g/mol. The fraction of sp³-hybridized carbons (Fsp3) is 0.143. The second-order valence-electron chi connectivity index (χ2n) is 9.19. The Kier molecular flexibility index (Phi) is 4.21. The van der Waals surface area contributed by atoms with Crippen molar-refractivity contribution in [3.8, 4) is 21.7 Å². The van der Waals surface area contributed by atoms with Crippen LogP contribution in [-0.4, -0.2) is 9.97 Å². The molecule has 0 bridgehead atoms. The zero-order valence-electron chi connectivity index (χ0n) is 18.2. The number of hydrogen-bond acceptors (Lipinski definition) is 4. The molecule has 6 rings (SSSR count). The van der Waals surface area contributed by atoms with Crippen molar-refractivity contribution in [2.45, 2.75) is 26.2 Å². The highest BCUT2D eigenvalue weighted by Crippen LogP contribution is 2.41. The van der Waals surface area contributed by atoms with E-state index < -0.39 is 0 Å². The van der Waals surface area contributed by atoms with Crippen LogP contribution in [0, 0.1) is 0 Å². The summed E-state index contributed by atoms with van der Waals surface area (Å²) >= 11 is 1.68. The molecule has 3 aromatic carbocycles. The van der Waals surface area contributed by atoms with Crippen LogP contribution in [0.3, 0.4) is 0 Å². The first-order chi connectivity index (χ1) is 15.5. The summed E-state index contributed by atoms with van der Waals surface area (Å²) in [5.41, 5.74) is 5.45. The molecule has 3 heterocycles. The first-order valence-corrected chi connectivity index (χ1v) is 11.6. The van der Waals surface area contributed by atoms with Crippen molar-refractivity contribution in [1.82, 2.24) is 9.97 Å². The van der Waals surface area contributed by atoms with Gasteiger partial charge in [0.05, 0.1) is 12.0 Å². The first kappa shape index (κ1) is 19.2. The Hall–Kier alpha value is -3.50. The van der Waals surface area contributed by atoms with E-state index in [4.69, 9.17) is 9.40 Å². The Morgan fingerprint density at radius 2 is 1.66 bits per heavy atom. The molecule has 156 valence electrons. The Labute approximate surface area is 190 Å². The van der Waals surface area contributed by atoms with E-state index in [0.29, 0.717) is 0 Å². The fourth-order valence-electron chi connectivity index (χ4n) is 4.47. The van der Waals surface area contributed by atoms with E-state index in [1.165, 1.54) is 16.3 Å². The Balaban J connectivity index is 1.60. The number of furan rings is 1. The van der Waals surface area contributed by atoms with Crippen LogP contribution in [0.4, 0.5) is 0 Å². The predicted octanol–water partition coefficient (Wildman–Crippen LogP) is 8.22. The predicted molar refractivity (Wildman–Crippen MR) is 134 cm³/mol. The Morgan fingerprint density at radius 1 is 0.812 bits per heavy atom. The number of thiophene rings is 1. The molecule has 4 heteroatoms. The molecular weight excluding hydrogens is 412 g/mol. The third-order valence-electron chi connectivity index (χ3n) is 6.02. The number of rotatable bonds is 2. The molecule has 3 aromatic heterocycles. The number of nitrogens with zero attached hydrogens (tertiary/aromatic N) is 2. The molecule has 0 saturated heterocycles. The highest BCUT2D eigenvalue weighted by atomic mass is 32.1. The smallest absolute Gasteiger partial charge is 0.142 e. The summed E-state index contributed by atoms with van der Waals surface area (Å²) in [6, 6.07) is 23.6. The van der Waals surface area contributed by atoms with Crippen molar-refractivity contribution in [3.63, 3.8) is 0 Å². The van der Waals surface area contributed by atoms with Crippen molar-refractivity contribution in [2.75, 3.05) is 0 Å². The quantitative estimate of drug-likeness (QED) is 0.275. The third-order valence-corrected chi connectivity index (χ3v) is 7.09. The monoisotopic (exact) mass is 434 g/mol. The molecule has 0 aliphatic rings. The molecule has 0 unspecified atom stereocenters. The van der Waals surface area contributed by atoms with Gasteiger partial charge in [-0.2, -0.15) is 0 Å². The zero-order chi connectivity index (χ0) is 21.9. The van der Waals surface area contributed by atoms with Gasteiger partial charge in [-0.05, 0) is 52.1 Å². The fourth-order valence-corrected chi connectivity index (χ4v) is 5.49. The van der Waals surface area contributed by atoms with Gasteiger partial charge in [0.25, 0.3) is 0 Å². The molecule has 32 heavy (non-hydrogen) atoms. The van der Waals surface area contributed by atoms with Crippen LogP contribution in [-0.2, 0) is 5.41 Å². The second kappa shape index (κ2) is 7.01. The van der Waals surface area contributed by atoms with Gasteiger partial charge in [0, 0.05) is 26.8 Å². The Morgan fingerprint density at radius 3 is 2.53 bits per heavy atom. The maximum atomic E-state index is 5.79. The van der Waals surface area contributed by atoms with Crippen molar-refractivity contribution in [3.05, 3.63) is 84.9 Å². The van der Waals surface area contributed by atoms with Gasteiger partial charge in [0.1, 0.15) is 16.7 Å². The summed E-state index contributed by atoms with van der Waals surface area (Å²) in [4.78, 5) is 11.5. The van der Waals surface area contributed by atoms with Gasteiger partial charge in [-0.15, -0.1) is 11.3 Å². The molecule has 3 nitrogen and oxygen atoms in total. The summed E-state index contributed by atoms with van der Waals surface area (Å²) < 4.78 is 5.79. The van der Waals surface area contributed by atoms with Crippen LogP contribution in [0.5, 0.6) is 0 Å². The van der Waals surface area contributed by atoms with Gasteiger partial charge < -0.3 is 4.42 Å². The molecule has 0 fully saturated rings. The lowest BCUT2D eigenvalue weighted by molar-refractivity contribution is 0.596. The summed E-state index contributed by atoms with van der Waals surface area (Å²) in [7, 11) is 0. The van der Waals surface area contributed by atoms with E-state index in [1.807, 2.05) is 6.07 Å². The van der Waals surface area contributed by atoms with Crippen LogP contribution in [0.2, 0.25) is 0 Å². The van der Waals surface area contributed by atoms with Crippen LogP contribution >= 0.6 is 11.3 Å². The zero-order valence-corrected chi connectivity index (χ0v) is 19.0. The number of para-hydroxylation sites is 1. The van der Waals surface area contributed by atoms with Crippen molar-refractivity contribution in [2.24, 2.45) is 0 Å². The maximum Gasteiger partial charge on any atom is 0.142 e. The molecule has 0 amide bonds. The van der Waals surface area contributed by atoms with Crippen LogP contribution < -0.4 is 0 Å². The van der Waals surface area contributed by atoms with Crippen molar-refractivity contribution >= 4 is 43.3 Å². The molecule has 0 spiro atoms. The molecule has 0 aliphatic carbocycles. The molecule has 0 aliphatic heterocycles. The molecule has 0 N–H and O–H groups in total. The van der Waals surface area contributed by atoms with Gasteiger partial charge >= 0.3 is 0 Å². The van der Waals surface area contributed by atoms with E-state index in [0.717, 1.165) is 42.9 Å². The molecule has 0 atom stereocenters. The average Bonchev–Trinajstić information content (AvgIpc) is 3.44. The number of hydrogen-bond donors (Lipinski definition) is 0. The minimum absolute atomic E-state index is 0.0243.